The minimum absolute atomic E-state index is 0. The second-order valence-corrected chi connectivity index (χ2v) is 5.80. The molecule has 0 bridgehead atoms. The van der Waals surface area contributed by atoms with Crippen LogP contribution in [0, 0.1) is 11.3 Å². The Morgan fingerprint density at radius 3 is 2.59 bits per heavy atom. The van der Waals surface area contributed by atoms with Gasteiger partial charge in [-0.2, -0.15) is 0 Å². The van der Waals surface area contributed by atoms with Crippen molar-refractivity contribution in [2.75, 3.05) is 19.7 Å². The summed E-state index contributed by atoms with van der Waals surface area (Å²) in [6.07, 6.45) is 1.02. The Balaban J connectivity index is 0.00000144. The number of amides is 1. The summed E-state index contributed by atoms with van der Waals surface area (Å²) in [5.74, 6) is 0.512. The second-order valence-electron chi connectivity index (χ2n) is 5.80. The monoisotopic (exact) mass is 262 g/mol. The quantitative estimate of drug-likeness (QED) is 0.809. The lowest BCUT2D eigenvalue weighted by Crippen LogP contribution is -2.52. The van der Waals surface area contributed by atoms with Crippen molar-refractivity contribution in [1.82, 2.24) is 4.90 Å². The van der Waals surface area contributed by atoms with E-state index in [4.69, 9.17) is 10.5 Å². The first-order valence-electron chi connectivity index (χ1n) is 6.08. The third-order valence-electron chi connectivity index (χ3n) is 3.80. The zero-order chi connectivity index (χ0) is 11.9. The van der Waals surface area contributed by atoms with Crippen LogP contribution in [0.2, 0.25) is 0 Å². The van der Waals surface area contributed by atoms with Crippen LogP contribution in [-0.4, -0.2) is 42.6 Å². The molecule has 0 aromatic carbocycles. The first kappa shape index (κ1) is 14.7. The van der Waals surface area contributed by atoms with Crippen LogP contribution in [0.5, 0.6) is 0 Å². The van der Waals surface area contributed by atoms with Crippen molar-refractivity contribution in [3.8, 4) is 0 Å². The van der Waals surface area contributed by atoms with Crippen molar-refractivity contribution in [2.45, 2.75) is 39.3 Å². The van der Waals surface area contributed by atoms with Crippen LogP contribution in [0.1, 0.15) is 27.2 Å². The van der Waals surface area contributed by atoms with Crippen molar-refractivity contribution in [3.05, 3.63) is 0 Å². The molecular weight excluding hydrogens is 240 g/mol. The highest BCUT2D eigenvalue weighted by atomic mass is 35.5. The molecule has 3 unspecified atom stereocenters. The van der Waals surface area contributed by atoms with Gasteiger partial charge in [-0.05, 0) is 18.8 Å². The van der Waals surface area contributed by atoms with Gasteiger partial charge in [0.25, 0.3) is 0 Å². The summed E-state index contributed by atoms with van der Waals surface area (Å²) in [5.41, 5.74) is 6.02. The van der Waals surface area contributed by atoms with Crippen LogP contribution in [-0.2, 0) is 9.53 Å². The highest BCUT2D eigenvalue weighted by Crippen LogP contribution is 2.52. The third-order valence-corrected chi connectivity index (χ3v) is 3.80. The van der Waals surface area contributed by atoms with Crippen LogP contribution in [0.25, 0.3) is 0 Å². The van der Waals surface area contributed by atoms with Crippen LogP contribution < -0.4 is 5.73 Å². The number of carbonyl (C=O) groups is 1. The average Bonchev–Trinajstić information content (AvgIpc) is 2.87. The fraction of sp³-hybridized carbons (Fsp3) is 0.917. The Kier molecular flexibility index (Phi) is 4.44. The first-order chi connectivity index (χ1) is 7.42. The number of rotatable bonds is 2. The van der Waals surface area contributed by atoms with Crippen molar-refractivity contribution >= 4 is 18.3 Å². The summed E-state index contributed by atoms with van der Waals surface area (Å²) in [5, 5.41) is 0. The van der Waals surface area contributed by atoms with Gasteiger partial charge in [-0.3, -0.25) is 4.79 Å². The highest BCUT2D eigenvalue weighted by Gasteiger charge is 2.52. The van der Waals surface area contributed by atoms with Gasteiger partial charge in [0.1, 0.15) is 0 Å². The Morgan fingerprint density at radius 2 is 2.12 bits per heavy atom. The van der Waals surface area contributed by atoms with Crippen molar-refractivity contribution < 1.29 is 9.53 Å². The molecule has 3 atom stereocenters. The predicted octanol–water partition coefficient (Wildman–Crippen LogP) is 1.03. The van der Waals surface area contributed by atoms with E-state index in [2.05, 4.69) is 13.8 Å². The molecule has 4 nitrogen and oxygen atoms in total. The smallest absolute Gasteiger partial charge is 0.226 e. The number of ether oxygens (including phenoxy) is 1. The number of carbonyl (C=O) groups excluding carboxylic acids is 1. The topological polar surface area (TPSA) is 55.6 Å². The Labute approximate surface area is 109 Å². The van der Waals surface area contributed by atoms with E-state index in [1.165, 1.54) is 0 Å². The molecule has 1 saturated carbocycles. The van der Waals surface area contributed by atoms with Gasteiger partial charge in [-0.25, -0.2) is 0 Å². The van der Waals surface area contributed by atoms with E-state index in [1.807, 2.05) is 11.8 Å². The highest BCUT2D eigenvalue weighted by molar-refractivity contribution is 5.85. The molecule has 1 heterocycles. The molecule has 5 heteroatoms. The Bertz CT molecular complexity index is 294. The lowest BCUT2D eigenvalue weighted by Gasteiger charge is -2.35. The zero-order valence-corrected chi connectivity index (χ0v) is 11.6. The van der Waals surface area contributed by atoms with Gasteiger partial charge in [0.05, 0.1) is 12.7 Å². The van der Waals surface area contributed by atoms with Crippen LogP contribution in [0.15, 0.2) is 0 Å². The van der Waals surface area contributed by atoms with E-state index >= 15 is 0 Å². The molecule has 2 rings (SSSR count). The maximum Gasteiger partial charge on any atom is 0.226 e. The van der Waals surface area contributed by atoms with Gasteiger partial charge in [0, 0.05) is 25.0 Å². The van der Waals surface area contributed by atoms with Crippen LogP contribution in [0.3, 0.4) is 0 Å². The van der Waals surface area contributed by atoms with Crippen molar-refractivity contribution in [3.63, 3.8) is 0 Å². The van der Waals surface area contributed by atoms with Gasteiger partial charge in [0.15, 0.2) is 0 Å². The maximum absolute atomic E-state index is 12.2. The Hall–Kier alpha value is -0.320. The van der Waals surface area contributed by atoms with E-state index in [0.29, 0.717) is 25.6 Å². The third kappa shape index (κ3) is 3.12. The summed E-state index contributed by atoms with van der Waals surface area (Å²) in [6, 6.07) is -0.0113. The van der Waals surface area contributed by atoms with Gasteiger partial charge in [-0.1, -0.05) is 13.8 Å². The SMILES string of the molecule is CC(N)C1CN(C(=O)C2CC2(C)C)CCO1.Cl. The minimum Gasteiger partial charge on any atom is -0.373 e. The molecule has 0 radical (unpaired) electrons. The molecule has 17 heavy (non-hydrogen) atoms. The summed E-state index contributed by atoms with van der Waals surface area (Å²) in [4.78, 5) is 14.1. The van der Waals surface area contributed by atoms with Crippen LogP contribution in [0.4, 0.5) is 0 Å². The molecule has 1 aliphatic heterocycles. The van der Waals surface area contributed by atoms with Gasteiger partial charge < -0.3 is 15.4 Å². The van der Waals surface area contributed by atoms with Crippen molar-refractivity contribution in [1.29, 1.82) is 0 Å². The molecule has 1 saturated heterocycles. The molecule has 100 valence electrons. The lowest BCUT2D eigenvalue weighted by molar-refractivity contribution is -0.141. The molecule has 0 aromatic heterocycles. The van der Waals surface area contributed by atoms with Crippen LogP contribution >= 0.6 is 12.4 Å². The van der Waals surface area contributed by atoms with E-state index in [9.17, 15) is 4.79 Å². The van der Waals surface area contributed by atoms with E-state index in [-0.39, 0.29) is 35.9 Å². The summed E-state index contributed by atoms with van der Waals surface area (Å²) >= 11 is 0. The summed E-state index contributed by atoms with van der Waals surface area (Å²) in [7, 11) is 0. The van der Waals surface area contributed by atoms with Gasteiger partial charge >= 0.3 is 0 Å². The fourth-order valence-corrected chi connectivity index (χ4v) is 2.30. The number of morpholine rings is 1. The lowest BCUT2D eigenvalue weighted by atomic mass is 10.1. The van der Waals surface area contributed by atoms with Gasteiger partial charge in [-0.15, -0.1) is 12.4 Å². The molecule has 2 fully saturated rings. The Morgan fingerprint density at radius 1 is 1.53 bits per heavy atom. The van der Waals surface area contributed by atoms with Crippen molar-refractivity contribution in [2.24, 2.45) is 17.1 Å². The number of nitrogens with two attached hydrogens (primary N) is 1. The molecular formula is C12H23ClN2O2. The predicted molar refractivity (Wildman–Crippen MR) is 69.1 cm³/mol. The minimum atomic E-state index is -0.0113. The standard InChI is InChI=1S/C12H22N2O2.ClH/c1-8(13)10-7-14(4-5-16-10)11(15)9-6-12(9,2)3;/h8-10H,4-7,13H2,1-3H3;1H. The normalized spacial score (nSPS) is 32.6. The second kappa shape index (κ2) is 5.12. The molecule has 2 aliphatic rings. The fourth-order valence-electron chi connectivity index (χ4n) is 2.30. The van der Waals surface area contributed by atoms with E-state index in [1.54, 1.807) is 0 Å². The molecule has 1 amide bonds. The number of halogens is 1. The summed E-state index contributed by atoms with van der Waals surface area (Å²) < 4.78 is 5.55. The number of nitrogens with zero attached hydrogens (tertiary/aromatic N) is 1. The number of hydrogen-bond acceptors (Lipinski definition) is 3. The largest absolute Gasteiger partial charge is 0.373 e. The molecule has 0 spiro atoms. The zero-order valence-electron chi connectivity index (χ0n) is 10.8. The average molecular weight is 263 g/mol. The van der Waals surface area contributed by atoms with E-state index < -0.39 is 0 Å². The molecule has 2 N–H and O–H groups in total. The van der Waals surface area contributed by atoms with Gasteiger partial charge in [0.2, 0.25) is 5.91 Å². The molecule has 1 aliphatic carbocycles. The maximum atomic E-state index is 12.2. The molecule has 0 aromatic rings. The first-order valence-corrected chi connectivity index (χ1v) is 6.08. The summed E-state index contributed by atoms with van der Waals surface area (Å²) in [6.45, 7) is 8.22. The number of hydrogen-bond donors (Lipinski definition) is 1. The van der Waals surface area contributed by atoms with E-state index in [0.717, 1.165) is 6.42 Å².